The number of hydrogen-bond donors (Lipinski definition) is 0. The molecule has 3 rings (SSSR count). The van der Waals surface area contributed by atoms with Crippen molar-refractivity contribution >= 4 is 33.0 Å². The normalized spacial score (nSPS) is 28.7. The molecule has 21 heavy (non-hydrogen) atoms. The number of rotatable bonds is 5. The van der Waals surface area contributed by atoms with Crippen LogP contribution < -0.4 is 0 Å². The first-order valence-corrected chi connectivity index (χ1v) is 10.3. The molecule has 2 bridgehead atoms. The maximum atomic E-state index is 12.7. The third-order valence-corrected chi connectivity index (χ3v) is 9.10. The van der Waals surface area contributed by atoms with Gasteiger partial charge in [0, 0.05) is 18.5 Å². The van der Waals surface area contributed by atoms with Crippen LogP contribution in [0.15, 0.2) is 10.3 Å². The molecule has 6 heteroatoms. The molecule has 0 amide bonds. The Balaban J connectivity index is 1.74. The minimum atomic E-state index is -3.36. The molecule has 118 valence electrons. The molecule has 0 aromatic carbocycles. The van der Waals surface area contributed by atoms with Crippen molar-refractivity contribution in [3.05, 3.63) is 16.5 Å². The van der Waals surface area contributed by atoms with Crippen LogP contribution >= 0.6 is 22.9 Å². The number of hydrogen-bond acceptors (Lipinski definition) is 3. The third kappa shape index (κ3) is 2.90. The van der Waals surface area contributed by atoms with Gasteiger partial charge in [-0.2, -0.15) is 4.31 Å². The summed E-state index contributed by atoms with van der Waals surface area (Å²) in [5.74, 6) is 2.53. The van der Waals surface area contributed by atoms with Crippen LogP contribution in [0.1, 0.15) is 36.1 Å². The van der Waals surface area contributed by atoms with Gasteiger partial charge >= 0.3 is 0 Å². The van der Waals surface area contributed by atoms with Gasteiger partial charge in [-0.1, -0.05) is 6.42 Å². The smallest absolute Gasteiger partial charge is 0.206 e. The molecule has 0 radical (unpaired) electrons. The maximum absolute atomic E-state index is 12.7. The standard InChI is InChI=1S/C15H22ClNO2S2/c1-10-5-15(20-14(10)8-16)21(18,19)17(2)9-13-7-11-3-4-12(13)6-11/h5,11-13H,3-4,6-9H2,1-2H3. The summed E-state index contributed by atoms with van der Waals surface area (Å²) < 4.78 is 27.4. The first kappa shape index (κ1) is 15.8. The van der Waals surface area contributed by atoms with Gasteiger partial charge < -0.3 is 0 Å². The van der Waals surface area contributed by atoms with Crippen LogP contribution in [0.3, 0.4) is 0 Å². The highest BCUT2D eigenvalue weighted by atomic mass is 35.5. The van der Waals surface area contributed by atoms with Gasteiger partial charge in [0.2, 0.25) is 0 Å². The van der Waals surface area contributed by atoms with E-state index in [1.54, 1.807) is 17.4 Å². The number of nitrogens with zero attached hydrogens (tertiary/aromatic N) is 1. The summed E-state index contributed by atoms with van der Waals surface area (Å²) in [7, 11) is -1.64. The molecular weight excluding hydrogens is 326 g/mol. The van der Waals surface area contributed by atoms with Crippen molar-refractivity contribution in [1.82, 2.24) is 4.31 Å². The van der Waals surface area contributed by atoms with Crippen molar-refractivity contribution in [3.63, 3.8) is 0 Å². The number of aryl methyl sites for hydroxylation is 1. The molecule has 0 N–H and O–H groups in total. The van der Waals surface area contributed by atoms with Gasteiger partial charge in [-0.3, -0.25) is 0 Å². The van der Waals surface area contributed by atoms with Gasteiger partial charge in [0.25, 0.3) is 10.0 Å². The first-order chi connectivity index (χ1) is 9.91. The van der Waals surface area contributed by atoms with E-state index in [-0.39, 0.29) is 0 Å². The van der Waals surface area contributed by atoms with Gasteiger partial charge in [-0.05, 0) is 55.6 Å². The molecule has 2 aliphatic rings. The Labute approximate surface area is 136 Å². The second kappa shape index (κ2) is 5.84. The second-order valence-electron chi connectivity index (χ2n) is 6.53. The molecule has 3 nitrogen and oxygen atoms in total. The Morgan fingerprint density at radius 1 is 1.38 bits per heavy atom. The zero-order valence-corrected chi connectivity index (χ0v) is 14.9. The third-order valence-electron chi connectivity index (χ3n) is 5.16. The van der Waals surface area contributed by atoms with Crippen molar-refractivity contribution in [2.75, 3.05) is 13.6 Å². The Morgan fingerprint density at radius 3 is 2.67 bits per heavy atom. The summed E-state index contributed by atoms with van der Waals surface area (Å²) in [5, 5.41) is 0. The molecule has 3 unspecified atom stereocenters. The van der Waals surface area contributed by atoms with Crippen LogP contribution in [-0.2, 0) is 15.9 Å². The number of sulfonamides is 1. The molecule has 1 aromatic rings. The van der Waals surface area contributed by atoms with Crippen LogP contribution in [0, 0.1) is 24.7 Å². The van der Waals surface area contributed by atoms with Gasteiger partial charge in [-0.15, -0.1) is 22.9 Å². The topological polar surface area (TPSA) is 37.4 Å². The Hall–Kier alpha value is -0.100. The van der Waals surface area contributed by atoms with Crippen LogP contribution in [-0.4, -0.2) is 26.3 Å². The van der Waals surface area contributed by atoms with E-state index in [1.165, 1.54) is 37.0 Å². The van der Waals surface area contributed by atoms with Crippen molar-refractivity contribution < 1.29 is 8.42 Å². The lowest BCUT2D eigenvalue weighted by Gasteiger charge is -2.26. The molecular formula is C15H22ClNO2S2. The van der Waals surface area contributed by atoms with Gasteiger partial charge in [0.05, 0.1) is 5.88 Å². The predicted molar refractivity (Wildman–Crippen MR) is 87.4 cm³/mol. The van der Waals surface area contributed by atoms with Crippen LogP contribution in [0.4, 0.5) is 0 Å². The minimum Gasteiger partial charge on any atom is -0.206 e. The van der Waals surface area contributed by atoms with Gasteiger partial charge in [0.15, 0.2) is 0 Å². The van der Waals surface area contributed by atoms with Crippen molar-refractivity contribution in [1.29, 1.82) is 0 Å². The SMILES string of the molecule is Cc1cc(S(=O)(=O)N(C)CC2CC3CCC2C3)sc1CCl. The first-order valence-electron chi connectivity index (χ1n) is 7.53. The van der Waals surface area contributed by atoms with E-state index in [2.05, 4.69) is 0 Å². The van der Waals surface area contributed by atoms with Crippen molar-refractivity contribution in [2.45, 2.75) is 42.7 Å². The molecule has 2 aliphatic carbocycles. The monoisotopic (exact) mass is 347 g/mol. The van der Waals surface area contributed by atoms with E-state index in [1.807, 2.05) is 6.92 Å². The molecule has 1 aromatic heterocycles. The number of thiophene rings is 1. The fraction of sp³-hybridized carbons (Fsp3) is 0.733. The van der Waals surface area contributed by atoms with Crippen molar-refractivity contribution in [3.8, 4) is 0 Å². The zero-order valence-electron chi connectivity index (χ0n) is 12.5. The molecule has 0 aliphatic heterocycles. The lowest BCUT2D eigenvalue weighted by molar-refractivity contribution is 0.280. The molecule has 0 spiro atoms. The van der Waals surface area contributed by atoms with E-state index in [4.69, 9.17) is 11.6 Å². The average Bonchev–Trinajstić information content (AvgIpc) is 3.13. The lowest BCUT2D eigenvalue weighted by Crippen LogP contribution is -2.33. The van der Waals surface area contributed by atoms with Crippen LogP contribution in [0.25, 0.3) is 0 Å². The largest absolute Gasteiger partial charge is 0.252 e. The van der Waals surface area contributed by atoms with E-state index < -0.39 is 10.0 Å². The Bertz CT molecular complexity index is 626. The quantitative estimate of drug-likeness (QED) is 0.758. The average molecular weight is 348 g/mol. The molecule has 1 heterocycles. The number of halogens is 1. The maximum Gasteiger partial charge on any atom is 0.252 e. The zero-order chi connectivity index (χ0) is 15.2. The Kier molecular flexibility index (Phi) is 4.39. The molecule has 2 fully saturated rings. The highest BCUT2D eigenvalue weighted by Crippen LogP contribution is 2.48. The van der Waals surface area contributed by atoms with E-state index in [9.17, 15) is 8.42 Å². The van der Waals surface area contributed by atoms with Crippen molar-refractivity contribution in [2.24, 2.45) is 17.8 Å². The summed E-state index contributed by atoms with van der Waals surface area (Å²) >= 11 is 7.16. The summed E-state index contributed by atoms with van der Waals surface area (Å²) in [5.41, 5.74) is 0.974. The number of alkyl halides is 1. The van der Waals surface area contributed by atoms with Crippen LogP contribution in [0.2, 0.25) is 0 Å². The minimum absolute atomic E-state index is 0.377. The van der Waals surface area contributed by atoms with Gasteiger partial charge in [0.1, 0.15) is 4.21 Å². The molecule has 2 saturated carbocycles. The fourth-order valence-corrected chi connectivity index (χ4v) is 7.18. The van der Waals surface area contributed by atoms with E-state index in [0.717, 1.165) is 22.3 Å². The van der Waals surface area contributed by atoms with E-state index in [0.29, 0.717) is 22.6 Å². The van der Waals surface area contributed by atoms with Gasteiger partial charge in [-0.25, -0.2) is 8.42 Å². The summed E-state index contributed by atoms with van der Waals surface area (Å²) in [6.45, 7) is 2.58. The second-order valence-corrected chi connectivity index (χ2v) is 10.2. The Morgan fingerprint density at radius 2 is 2.14 bits per heavy atom. The summed E-state index contributed by atoms with van der Waals surface area (Å²) in [6.07, 6.45) is 5.16. The fourth-order valence-electron chi connectivity index (χ4n) is 3.93. The lowest BCUT2D eigenvalue weighted by atomic mass is 9.89. The summed E-state index contributed by atoms with van der Waals surface area (Å²) in [4.78, 5) is 0.948. The predicted octanol–water partition coefficient (Wildman–Crippen LogP) is 3.85. The van der Waals surface area contributed by atoms with Crippen LogP contribution in [0.5, 0.6) is 0 Å². The molecule has 0 saturated heterocycles. The highest BCUT2D eigenvalue weighted by molar-refractivity contribution is 7.91. The molecule has 3 atom stereocenters. The van der Waals surface area contributed by atoms with E-state index >= 15 is 0 Å². The number of fused-ring (bicyclic) bond motifs is 2. The summed E-state index contributed by atoms with van der Waals surface area (Å²) in [6, 6.07) is 1.76. The highest BCUT2D eigenvalue weighted by Gasteiger charge is 2.41.